The van der Waals surface area contributed by atoms with Gasteiger partial charge in [0, 0.05) is 12.5 Å². The molecule has 3 N–H and O–H groups in total. The summed E-state index contributed by atoms with van der Waals surface area (Å²) in [5.74, 6) is -1.38. The van der Waals surface area contributed by atoms with Crippen LogP contribution in [-0.4, -0.2) is 36.6 Å². The van der Waals surface area contributed by atoms with Crippen LogP contribution >= 0.6 is 0 Å². The van der Waals surface area contributed by atoms with Crippen LogP contribution in [0.4, 0.5) is 0 Å². The van der Waals surface area contributed by atoms with E-state index in [4.69, 9.17) is 5.11 Å². The van der Waals surface area contributed by atoms with Crippen molar-refractivity contribution >= 4 is 11.9 Å². The van der Waals surface area contributed by atoms with E-state index in [0.29, 0.717) is 13.0 Å². The molecule has 2 unspecified atom stereocenters. The van der Waals surface area contributed by atoms with Crippen LogP contribution in [0.3, 0.4) is 0 Å². The maximum Gasteiger partial charge on any atom is 0.326 e. The van der Waals surface area contributed by atoms with Crippen molar-refractivity contribution < 1.29 is 14.7 Å². The Bertz CT molecular complexity index is 231. The Hall–Kier alpha value is -1.10. The first kappa shape index (κ1) is 14.9. The summed E-state index contributed by atoms with van der Waals surface area (Å²) in [4.78, 5) is 22.5. The summed E-state index contributed by atoms with van der Waals surface area (Å²) in [7, 11) is 1.76. The second kappa shape index (κ2) is 8.10. The first-order valence-electron chi connectivity index (χ1n) is 5.70. The first-order valence-corrected chi connectivity index (χ1v) is 5.70. The monoisotopic (exact) mass is 230 g/mol. The Morgan fingerprint density at radius 2 is 2.00 bits per heavy atom. The fraction of sp³-hybridized carbons (Fsp3) is 0.818. The predicted molar refractivity (Wildman–Crippen MR) is 62.2 cm³/mol. The van der Waals surface area contributed by atoms with Gasteiger partial charge < -0.3 is 15.7 Å². The number of aliphatic carboxylic acids is 1. The van der Waals surface area contributed by atoms with Gasteiger partial charge >= 0.3 is 5.97 Å². The van der Waals surface area contributed by atoms with Crippen molar-refractivity contribution in [3.8, 4) is 0 Å². The zero-order valence-electron chi connectivity index (χ0n) is 10.2. The molecule has 0 aliphatic carbocycles. The van der Waals surface area contributed by atoms with Gasteiger partial charge in [-0.05, 0) is 13.5 Å². The highest BCUT2D eigenvalue weighted by Gasteiger charge is 2.21. The quantitative estimate of drug-likeness (QED) is 0.570. The normalized spacial score (nSPS) is 14.2. The highest BCUT2D eigenvalue weighted by molar-refractivity contribution is 5.84. The lowest BCUT2D eigenvalue weighted by molar-refractivity contribution is -0.142. The second-order valence-electron chi connectivity index (χ2n) is 4.00. The third-order valence-corrected chi connectivity index (χ3v) is 2.42. The summed E-state index contributed by atoms with van der Waals surface area (Å²) in [6, 6.07) is -0.758. The molecule has 0 saturated carbocycles. The van der Waals surface area contributed by atoms with E-state index in [9.17, 15) is 9.59 Å². The van der Waals surface area contributed by atoms with Gasteiger partial charge in [0.25, 0.3) is 0 Å². The molecular formula is C11H22N2O3. The van der Waals surface area contributed by atoms with Crippen molar-refractivity contribution in [2.24, 2.45) is 5.92 Å². The molecule has 2 atom stereocenters. The van der Waals surface area contributed by atoms with Gasteiger partial charge in [-0.3, -0.25) is 4.79 Å². The van der Waals surface area contributed by atoms with Crippen LogP contribution in [0.25, 0.3) is 0 Å². The van der Waals surface area contributed by atoms with E-state index < -0.39 is 12.0 Å². The molecule has 0 aromatic carbocycles. The summed E-state index contributed by atoms with van der Waals surface area (Å²) >= 11 is 0. The lowest BCUT2D eigenvalue weighted by Crippen LogP contribution is -2.44. The van der Waals surface area contributed by atoms with Crippen LogP contribution in [0.5, 0.6) is 0 Å². The molecule has 0 radical (unpaired) electrons. The van der Waals surface area contributed by atoms with Gasteiger partial charge in [0.15, 0.2) is 0 Å². The maximum atomic E-state index is 11.6. The summed E-state index contributed by atoms with van der Waals surface area (Å²) < 4.78 is 0. The minimum atomic E-state index is -0.960. The average molecular weight is 230 g/mol. The fourth-order valence-electron chi connectivity index (χ4n) is 1.38. The van der Waals surface area contributed by atoms with Gasteiger partial charge in [-0.15, -0.1) is 0 Å². The number of nitrogens with one attached hydrogen (secondary N) is 2. The first-order chi connectivity index (χ1) is 7.52. The van der Waals surface area contributed by atoms with Crippen molar-refractivity contribution in [3.05, 3.63) is 0 Å². The van der Waals surface area contributed by atoms with Gasteiger partial charge in [-0.2, -0.15) is 0 Å². The molecule has 0 aliphatic heterocycles. The number of amides is 1. The molecular weight excluding hydrogens is 208 g/mol. The highest BCUT2D eigenvalue weighted by Crippen LogP contribution is 2.02. The van der Waals surface area contributed by atoms with Crippen molar-refractivity contribution in [2.75, 3.05) is 13.6 Å². The van der Waals surface area contributed by atoms with Gasteiger partial charge in [-0.1, -0.05) is 26.7 Å². The van der Waals surface area contributed by atoms with Crippen LogP contribution < -0.4 is 10.6 Å². The van der Waals surface area contributed by atoms with Crippen LogP contribution in [0.1, 0.15) is 33.1 Å². The summed E-state index contributed by atoms with van der Waals surface area (Å²) in [5, 5.41) is 14.4. The maximum absolute atomic E-state index is 11.6. The number of unbranched alkanes of at least 4 members (excludes halogenated alkanes) is 1. The number of hydrogen-bond donors (Lipinski definition) is 3. The van der Waals surface area contributed by atoms with Crippen LogP contribution in [0.15, 0.2) is 0 Å². The molecule has 5 heteroatoms. The predicted octanol–water partition coefficient (Wildman–Crippen LogP) is 0.601. The van der Waals surface area contributed by atoms with Crippen molar-refractivity contribution in [2.45, 2.75) is 39.2 Å². The molecule has 1 amide bonds. The number of carboxylic acids is 1. The third-order valence-electron chi connectivity index (χ3n) is 2.42. The second-order valence-corrected chi connectivity index (χ2v) is 4.00. The molecule has 16 heavy (non-hydrogen) atoms. The molecule has 0 spiro atoms. The van der Waals surface area contributed by atoms with Crippen LogP contribution in [0.2, 0.25) is 0 Å². The topological polar surface area (TPSA) is 78.4 Å². The van der Waals surface area contributed by atoms with E-state index in [1.807, 2.05) is 6.92 Å². The Kier molecular flexibility index (Phi) is 7.54. The number of carboxylic acid groups (broad SMARTS) is 1. The van der Waals surface area contributed by atoms with E-state index in [1.165, 1.54) is 0 Å². The Labute approximate surface area is 96.6 Å². The number of carbonyl (C=O) groups excluding carboxylic acids is 1. The molecule has 0 aromatic rings. The Balaban J connectivity index is 4.17. The standard InChI is InChI=1S/C11H22N2O3/c1-4-5-6-9(11(15)16)13-10(14)8(2)7-12-3/h8-9,12H,4-7H2,1-3H3,(H,13,14)(H,15,16). The van der Waals surface area contributed by atoms with Crippen molar-refractivity contribution in [1.82, 2.24) is 10.6 Å². The van der Waals surface area contributed by atoms with Gasteiger partial charge in [0.05, 0.1) is 0 Å². The van der Waals surface area contributed by atoms with Crippen LogP contribution in [0, 0.1) is 5.92 Å². The molecule has 0 aromatic heterocycles. The number of carbonyl (C=O) groups is 2. The zero-order valence-corrected chi connectivity index (χ0v) is 10.2. The van der Waals surface area contributed by atoms with E-state index in [2.05, 4.69) is 10.6 Å². The lowest BCUT2D eigenvalue weighted by Gasteiger charge is -2.17. The number of rotatable bonds is 8. The SMILES string of the molecule is CCCCC(NC(=O)C(C)CNC)C(=O)O. The zero-order chi connectivity index (χ0) is 12.6. The minimum Gasteiger partial charge on any atom is -0.480 e. The van der Waals surface area contributed by atoms with E-state index in [-0.39, 0.29) is 11.8 Å². The summed E-state index contributed by atoms with van der Waals surface area (Å²) in [6.07, 6.45) is 2.22. The van der Waals surface area contributed by atoms with Crippen LogP contribution in [-0.2, 0) is 9.59 Å². The smallest absolute Gasteiger partial charge is 0.326 e. The molecule has 0 saturated heterocycles. The Morgan fingerprint density at radius 1 is 1.38 bits per heavy atom. The van der Waals surface area contributed by atoms with E-state index >= 15 is 0 Å². The molecule has 94 valence electrons. The molecule has 0 heterocycles. The molecule has 0 bridgehead atoms. The van der Waals surface area contributed by atoms with Gasteiger partial charge in [0.2, 0.25) is 5.91 Å². The fourth-order valence-corrected chi connectivity index (χ4v) is 1.38. The van der Waals surface area contributed by atoms with E-state index in [0.717, 1.165) is 12.8 Å². The molecule has 0 fully saturated rings. The van der Waals surface area contributed by atoms with Crippen molar-refractivity contribution in [1.29, 1.82) is 0 Å². The van der Waals surface area contributed by atoms with E-state index in [1.54, 1.807) is 14.0 Å². The molecule has 0 rings (SSSR count). The summed E-state index contributed by atoms with van der Waals surface area (Å²) in [5.41, 5.74) is 0. The van der Waals surface area contributed by atoms with Gasteiger partial charge in [-0.25, -0.2) is 4.79 Å². The number of hydrogen-bond acceptors (Lipinski definition) is 3. The highest BCUT2D eigenvalue weighted by atomic mass is 16.4. The van der Waals surface area contributed by atoms with Gasteiger partial charge in [0.1, 0.15) is 6.04 Å². The average Bonchev–Trinajstić information content (AvgIpc) is 2.23. The third kappa shape index (κ3) is 5.70. The molecule has 5 nitrogen and oxygen atoms in total. The largest absolute Gasteiger partial charge is 0.480 e. The lowest BCUT2D eigenvalue weighted by atomic mass is 10.1. The molecule has 0 aliphatic rings. The van der Waals surface area contributed by atoms with Crippen molar-refractivity contribution in [3.63, 3.8) is 0 Å². The summed E-state index contributed by atoms with van der Waals surface area (Å²) in [6.45, 7) is 4.31. The minimum absolute atomic E-state index is 0.210. The Morgan fingerprint density at radius 3 is 2.44 bits per heavy atom.